The molecular weight excluding hydrogens is 500 g/mol. The van der Waals surface area contributed by atoms with Crippen LogP contribution in [0.15, 0.2) is 61.2 Å². The fourth-order valence-electron chi connectivity index (χ4n) is 4.70. The fraction of sp³-hybridized carbons (Fsp3) is 0.600. The minimum absolute atomic E-state index is 0.274. The van der Waals surface area contributed by atoms with Gasteiger partial charge in [0.1, 0.15) is 0 Å². The third kappa shape index (κ3) is 13.1. The van der Waals surface area contributed by atoms with Crippen LogP contribution in [-0.2, 0) is 23.8 Å². The molecular formula is C35H52O5. The molecule has 1 aromatic rings. The maximum atomic E-state index is 13.1. The van der Waals surface area contributed by atoms with E-state index in [0.717, 1.165) is 43.2 Å². The summed E-state index contributed by atoms with van der Waals surface area (Å²) in [4.78, 5) is 24.1. The predicted molar refractivity (Wildman–Crippen MR) is 164 cm³/mol. The van der Waals surface area contributed by atoms with Gasteiger partial charge in [-0.25, -0.2) is 9.59 Å². The van der Waals surface area contributed by atoms with Gasteiger partial charge >= 0.3 is 11.9 Å². The molecule has 0 N–H and O–H groups in total. The first kappa shape index (κ1) is 33.5. The van der Waals surface area contributed by atoms with Crippen molar-refractivity contribution in [3.8, 4) is 0 Å². The third-order valence-corrected chi connectivity index (χ3v) is 7.62. The van der Waals surface area contributed by atoms with Gasteiger partial charge in [0.2, 0.25) is 0 Å². The van der Waals surface area contributed by atoms with Crippen molar-refractivity contribution in [1.82, 2.24) is 0 Å². The van der Waals surface area contributed by atoms with E-state index >= 15 is 0 Å². The van der Waals surface area contributed by atoms with E-state index in [-0.39, 0.29) is 11.9 Å². The fourth-order valence-corrected chi connectivity index (χ4v) is 4.70. The predicted octanol–water partition coefficient (Wildman–Crippen LogP) is 8.79. The normalized spacial score (nSPS) is 17.2. The number of unbranched alkanes of at least 4 members (excludes halogenated alkanes) is 11. The summed E-state index contributed by atoms with van der Waals surface area (Å²) in [6, 6.07) is 10.2. The van der Waals surface area contributed by atoms with Crippen molar-refractivity contribution in [2.75, 3.05) is 19.8 Å². The summed E-state index contributed by atoms with van der Waals surface area (Å²) >= 11 is 0. The Labute approximate surface area is 243 Å². The summed E-state index contributed by atoms with van der Waals surface area (Å²) in [7, 11) is 0. The number of hydrogen-bond donors (Lipinski definition) is 0. The number of benzene rings is 1. The summed E-state index contributed by atoms with van der Waals surface area (Å²) in [6.45, 7) is 9.09. The lowest BCUT2D eigenvalue weighted by atomic mass is 9.89. The average Bonchev–Trinajstić information content (AvgIpc) is 2.99. The second kappa shape index (κ2) is 20.3. The highest BCUT2D eigenvalue weighted by Gasteiger charge is 2.39. The molecule has 1 aliphatic carbocycles. The summed E-state index contributed by atoms with van der Waals surface area (Å²) in [5.41, 5.74) is 1.23. The number of allylic oxidation sites excluding steroid dienone is 2. The monoisotopic (exact) mass is 552 g/mol. The number of carbonyl (C=O) groups excluding carboxylic acids is 2. The van der Waals surface area contributed by atoms with Crippen molar-refractivity contribution < 1.29 is 23.8 Å². The van der Waals surface area contributed by atoms with Gasteiger partial charge in [0.15, 0.2) is 5.60 Å². The Hall–Kier alpha value is -2.66. The van der Waals surface area contributed by atoms with Gasteiger partial charge in [-0.15, -0.1) is 0 Å². The Bertz CT molecular complexity index is 919. The molecule has 0 fully saturated rings. The molecule has 0 heterocycles. The van der Waals surface area contributed by atoms with Crippen LogP contribution in [0.4, 0.5) is 0 Å². The second-order valence-electron chi connectivity index (χ2n) is 11.0. The lowest BCUT2D eigenvalue weighted by Gasteiger charge is -2.31. The Kier molecular flexibility index (Phi) is 17.0. The molecule has 0 aliphatic heterocycles. The SMILES string of the molecule is C=CC(=O)OCCCCCCCCCCCCCCOC1(C(=O)OCC(C)CC)C=CC(c2ccccc2)=CC1. The first-order valence-electron chi connectivity index (χ1n) is 15.6. The van der Waals surface area contributed by atoms with Crippen LogP contribution in [0.25, 0.3) is 5.57 Å². The molecule has 2 atom stereocenters. The molecule has 40 heavy (non-hydrogen) atoms. The van der Waals surface area contributed by atoms with Crippen LogP contribution < -0.4 is 0 Å². The number of ether oxygens (including phenoxy) is 3. The summed E-state index contributed by atoms with van der Waals surface area (Å²) in [5.74, 6) is -0.266. The first-order chi connectivity index (χ1) is 19.5. The van der Waals surface area contributed by atoms with E-state index in [0.29, 0.717) is 32.2 Å². The Morgan fingerprint density at radius 1 is 0.875 bits per heavy atom. The lowest BCUT2D eigenvalue weighted by Crippen LogP contribution is -2.42. The van der Waals surface area contributed by atoms with Gasteiger partial charge in [0.25, 0.3) is 0 Å². The Balaban J connectivity index is 1.60. The van der Waals surface area contributed by atoms with Gasteiger partial charge in [-0.05, 0) is 36.0 Å². The number of hydrogen-bond acceptors (Lipinski definition) is 5. The van der Waals surface area contributed by atoms with Crippen LogP contribution in [0.5, 0.6) is 0 Å². The molecule has 1 aromatic carbocycles. The van der Waals surface area contributed by atoms with E-state index in [1.165, 1.54) is 57.4 Å². The van der Waals surface area contributed by atoms with Crippen LogP contribution in [0.1, 0.15) is 109 Å². The van der Waals surface area contributed by atoms with Crippen molar-refractivity contribution in [1.29, 1.82) is 0 Å². The van der Waals surface area contributed by atoms with Crippen molar-refractivity contribution >= 4 is 17.5 Å². The van der Waals surface area contributed by atoms with E-state index < -0.39 is 5.60 Å². The van der Waals surface area contributed by atoms with Crippen molar-refractivity contribution in [2.45, 2.75) is 109 Å². The molecule has 2 rings (SSSR count). The van der Waals surface area contributed by atoms with Gasteiger partial charge in [-0.1, -0.05) is 134 Å². The highest BCUT2D eigenvalue weighted by Crippen LogP contribution is 2.31. The van der Waals surface area contributed by atoms with E-state index in [2.05, 4.69) is 38.6 Å². The Morgan fingerprint density at radius 2 is 1.45 bits per heavy atom. The molecule has 0 amide bonds. The molecule has 0 saturated heterocycles. The highest BCUT2D eigenvalue weighted by atomic mass is 16.6. The third-order valence-electron chi connectivity index (χ3n) is 7.62. The van der Waals surface area contributed by atoms with Crippen LogP contribution in [0, 0.1) is 5.92 Å². The topological polar surface area (TPSA) is 61.8 Å². The van der Waals surface area contributed by atoms with Crippen molar-refractivity contribution in [2.24, 2.45) is 5.92 Å². The van der Waals surface area contributed by atoms with E-state index in [9.17, 15) is 9.59 Å². The number of rotatable bonds is 22. The molecule has 5 heteroatoms. The van der Waals surface area contributed by atoms with Gasteiger partial charge in [0, 0.05) is 19.1 Å². The van der Waals surface area contributed by atoms with Gasteiger partial charge < -0.3 is 14.2 Å². The van der Waals surface area contributed by atoms with Gasteiger partial charge in [-0.2, -0.15) is 0 Å². The van der Waals surface area contributed by atoms with E-state index in [1.807, 2.05) is 30.4 Å². The summed E-state index contributed by atoms with van der Waals surface area (Å²) in [5, 5.41) is 0. The number of carbonyl (C=O) groups is 2. The Morgan fingerprint density at radius 3 is 1.98 bits per heavy atom. The van der Waals surface area contributed by atoms with E-state index in [1.54, 1.807) is 0 Å². The summed E-state index contributed by atoms with van der Waals surface area (Å²) < 4.78 is 17.0. The van der Waals surface area contributed by atoms with Gasteiger partial charge in [0.05, 0.1) is 13.2 Å². The second-order valence-corrected chi connectivity index (χ2v) is 11.0. The maximum Gasteiger partial charge on any atom is 0.342 e. The van der Waals surface area contributed by atoms with Crippen LogP contribution in [0.2, 0.25) is 0 Å². The van der Waals surface area contributed by atoms with Gasteiger partial charge in [-0.3, -0.25) is 0 Å². The molecule has 2 unspecified atom stereocenters. The largest absolute Gasteiger partial charge is 0.463 e. The molecule has 0 aromatic heterocycles. The first-order valence-corrected chi connectivity index (χ1v) is 15.6. The van der Waals surface area contributed by atoms with Crippen molar-refractivity contribution in [3.05, 3.63) is 66.8 Å². The quantitative estimate of drug-likeness (QED) is 0.0817. The molecule has 1 aliphatic rings. The molecule has 0 radical (unpaired) electrons. The van der Waals surface area contributed by atoms with Crippen molar-refractivity contribution in [3.63, 3.8) is 0 Å². The molecule has 5 nitrogen and oxygen atoms in total. The highest BCUT2D eigenvalue weighted by molar-refractivity contribution is 5.86. The summed E-state index contributed by atoms with van der Waals surface area (Å²) in [6.07, 6.45) is 22.9. The van der Waals surface area contributed by atoms with Crippen LogP contribution in [-0.4, -0.2) is 37.4 Å². The lowest BCUT2D eigenvalue weighted by molar-refractivity contribution is -0.167. The zero-order valence-electron chi connectivity index (χ0n) is 25.0. The zero-order valence-corrected chi connectivity index (χ0v) is 25.0. The minimum atomic E-state index is -1.03. The minimum Gasteiger partial charge on any atom is -0.463 e. The molecule has 222 valence electrons. The standard InChI is InChI=1S/C35H52O5/c1-4-30(3)29-39-34(37)35(25-23-32(24-26-35)31-21-17-16-18-22-31)40-28-20-15-13-11-9-7-6-8-10-12-14-19-27-38-33(36)5-2/h5,16-18,21-25,30H,2,4,6-15,19-20,26-29H2,1,3H3. The molecule has 0 bridgehead atoms. The average molecular weight is 553 g/mol. The van der Waals surface area contributed by atoms with E-state index in [4.69, 9.17) is 14.2 Å². The number of esters is 2. The zero-order chi connectivity index (χ0) is 28.9. The van der Waals surface area contributed by atoms with Crippen LogP contribution in [0.3, 0.4) is 0 Å². The maximum absolute atomic E-state index is 13.1. The van der Waals surface area contributed by atoms with Crippen LogP contribution >= 0.6 is 0 Å². The smallest absolute Gasteiger partial charge is 0.342 e. The molecule has 0 spiro atoms. The molecule has 0 saturated carbocycles.